The van der Waals surface area contributed by atoms with Gasteiger partial charge in [-0.15, -0.1) is 5.73 Å². The zero-order chi connectivity index (χ0) is 9.23. The van der Waals surface area contributed by atoms with Crippen LogP contribution in [-0.2, 0) is 4.79 Å². The summed E-state index contributed by atoms with van der Waals surface area (Å²) < 4.78 is 0. The van der Waals surface area contributed by atoms with E-state index >= 15 is 0 Å². The zero-order valence-electron chi connectivity index (χ0n) is 7.29. The van der Waals surface area contributed by atoms with E-state index in [4.69, 9.17) is 5.11 Å². The Balaban J connectivity index is 3.50. The maximum atomic E-state index is 10.1. The molecule has 0 aliphatic rings. The number of hydrogen-bond donors (Lipinski definition) is 1. The molecule has 2 heteroatoms. The van der Waals surface area contributed by atoms with Crippen molar-refractivity contribution in [2.75, 3.05) is 0 Å². The second-order valence-corrected chi connectivity index (χ2v) is 2.31. The molecule has 0 heterocycles. The van der Waals surface area contributed by atoms with Crippen LogP contribution in [0.4, 0.5) is 0 Å². The van der Waals surface area contributed by atoms with Crippen molar-refractivity contribution in [3.05, 3.63) is 30.0 Å². The number of carboxylic acids is 1. The molecule has 1 N–H and O–H groups in total. The Morgan fingerprint density at radius 2 is 2.33 bits per heavy atom. The standard InChI is InChI=1S/C10H14O2/c1-2-3-4-5-6-7-8-9-10(11)12/h3,5-7H,2,8-9H2,1H3,(H,11,12)/b7-6-. The third kappa shape index (κ3) is 8.73. The van der Waals surface area contributed by atoms with Crippen LogP contribution in [0.5, 0.6) is 0 Å². The van der Waals surface area contributed by atoms with Gasteiger partial charge in [-0.3, -0.25) is 4.79 Å². The maximum Gasteiger partial charge on any atom is 0.303 e. The van der Waals surface area contributed by atoms with Crippen molar-refractivity contribution in [3.63, 3.8) is 0 Å². The van der Waals surface area contributed by atoms with Crippen LogP contribution in [0.15, 0.2) is 30.0 Å². The lowest BCUT2D eigenvalue weighted by Crippen LogP contribution is -1.91. The molecule has 0 atom stereocenters. The van der Waals surface area contributed by atoms with E-state index in [0.717, 1.165) is 6.42 Å². The molecule has 0 fully saturated rings. The van der Waals surface area contributed by atoms with Gasteiger partial charge in [-0.05, 0) is 25.0 Å². The fourth-order valence-corrected chi connectivity index (χ4v) is 0.613. The van der Waals surface area contributed by atoms with E-state index in [0.29, 0.717) is 6.42 Å². The molecule has 0 saturated heterocycles. The van der Waals surface area contributed by atoms with E-state index in [2.05, 4.69) is 5.73 Å². The Hall–Kier alpha value is -1.27. The lowest BCUT2D eigenvalue weighted by Gasteiger charge is -1.84. The largest absolute Gasteiger partial charge is 0.481 e. The lowest BCUT2D eigenvalue weighted by atomic mass is 10.3. The molecule has 0 bridgehead atoms. The molecule has 0 aromatic carbocycles. The Kier molecular flexibility index (Phi) is 7.00. The minimum Gasteiger partial charge on any atom is -0.481 e. The van der Waals surface area contributed by atoms with Crippen molar-refractivity contribution in [2.24, 2.45) is 0 Å². The van der Waals surface area contributed by atoms with Crippen LogP contribution >= 0.6 is 0 Å². The highest BCUT2D eigenvalue weighted by Gasteiger charge is 1.90. The number of hydrogen-bond acceptors (Lipinski definition) is 1. The Morgan fingerprint density at radius 3 is 2.92 bits per heavy atom. The Labute approximate surface area is 72.9 Å². The summed E-state index contributed by atoms with van der Waals surface area (Å²) in [5.74, 6) is -0.757. The molecule has 2 nitrogen and oxygen atoms in total. The third-order valence-corrected chi connectivity index (χ3v) is 1.18. The molecular weight excluding hydrogens is 152 g/mol. The molecule has 12 heavy (non-hydrogen) atoms. The van der Waals surface area contributed by atoms with Crippen molar-refractivity contribution in [3.8, 4) is 0 Å². The van der Waals surface area contributed by atoms with Crippen molar-refractivity contribution in [2.45, 2.75) is 26.2 Å². The normalized spacial score (nSPS) is 9.42. The van der Waals surface area contributed by atoms with Crippen LogP contribution in [0.2, 0.25) is 0 Å². The number of carbonyl (C=O) groups is 1. The van der Waals surface area contributed by atoms with E-state index in [9.17, 15) is 4.79 Å². The lowest BCUT2D eigenvalue weighted by molar-refractivity contribution is -0.136. The van der Waals surface area contributed by atoms with E-state index < -0.39 is 5.97 Å². The average molecular weight is 166 g/mol. The summed E-state index contributed by atoms with van der Waals surface area (Å²) in [4.78, 5) is 10.1. The van der Waals surface area contributed by atoms with Crippen molar-refractivity contribution in [1.82, 2.24) is 0 Å². The molecule has 0 aromatic heterocycles. The van der Waals surface area contributed by atoms with Crippen molar-refractivity contribution >= 4 is 5.97 Å². The highest BCUT2D eigenvalue weighted by atomic mass is 16.4. The molecule has 0 rings (SSSR count). The summed E-state index contributed by atoms with van der Waals surface area (Å²) in [5, 5.41) is 8.29. The molecule has 0 aliphatic heterocycles. The number of rotatable bonds is 5. The molecule has 0 unspecified atom stereocenters. The fourth-order valence-electron chi connectivity index (χ4n) is 0.613. The van der Waals surface area contributed by atoms with Gasteiger partial charge in [0.25, 0.3) is 0 Å². The van der Waals surface area contributed by atoms with Crippen molar-refractivity contribution in [1.29, 1.82) is 0 Å². The second kappa shape index (κ2) is 7.83. The van der Waals surface area contributed by atoms with E-state index in [-0.39, 0.29) is 6.42 Å². The van der Waals surface area contributed by atoms with Crippen LogP contribution < -0.4 is 0 Å². The van der Waals surface area contributed by atoms with Gasteiger partial charge in [0.1, 0.15) is 0 Å². The van der Waals surface area contributed by atoms with Gasteiger partial charge in [0.2, 0.25) is 0 Å². The first kappa shape index (κ1) is 10.7. The van der Waals surface area contributed by atoms with E-state index in [1.165, 1.54) is 0 Å². The quantitative estimate of drug-likeness (QED) is 0.503. The average Bonchev–Trinajstić information content (AvgIpc) is 2.02. The molecule has 0 spiro atoms. The minimum atomic E-state index is -0.757. The van der Waals surface area contributed by atoms with Gasteiger partial charge in [0.15, 0.2) is 0 Å². The molecule has 0 saturated carbocycles. The SMILES string of the molecule is CCC=C=C/C=C\CCC(=O)O. The van der Waals surface area contributed by atoms with Crippen LogP contribution in [0.1, 0.15) is 26.2 Å². The molecule has 0 radical (unpaired) electrons. The van der Waals surface area contributed by atoms with Gasteiger partial charge in [-0.1, -0.05) is 19.1 Å². The number of carboxylic acid groups (broad SMARTS) is 1. The second-order valence-electron chi connectivity index (χ2n) is 2.31. The van der Waals surface area contributed by atoms with Gasteiger partial charge >= 0.3 is 5.97 Å². The topological polar surface area (TPSA) is 37.3 Å². The first-order valence-corrected chi connectivity index (χ1v) is 4.05. The summed E-state index contributed by atoms with van der Waals surface area (Å²) in [5.41, 5.74) is 2.94. The maximum absolute atomic E-state index is 10.1. The summed E-state index contributed by atoms with van der Waals surface area (Å²) in [6.45, 7) is 2.04. The first-order chi connectivity index (χ1) is 5.77. The highest BCUT2D eigenvalue weighted by molar-refractivity contribution is 5.66. The van der Waals surface area contributed by atoms with Gasteiger partial charge in [0, 0.05) is 6.42 Å². The summed E-state index contributed by atoms with van der Waals surface area (Å²) in [6, 6.07) is 0. The summed E-state index contributed by atoms with van der Waals surface area (Å²) in [6.07, 6.45) is 9.09. The van der Waals surface area contributed by atoms with Gasteiger partial charge < -0.3 is 5.11 Å². The van der Waals surface area contributed by atoms with Crippen LogP contribution in [0.25, 0.3) is 0 Å². The molecule has 0 aliphatic carbocycles. The summed E-state index contributed by atoms with van der Waals surface area (Å²) >= 11 is 0. The predicted molar refractivity (Wildman–Crippen MR) is 49.0 cm³/mol. The van der Waals surface area contributed by atoms with E-state index in [1.807, 2.05) is 25.2 Å². The van der Waals surface area contributed by atoms with Gasteiger partial charge in [-0.25, -0.2) is 0 Å². The Morgan fingerprint density at radius 1 is 1.58 bits per heavy atom. The third-order valence-electron chi connectivity index (χ3n) is 1.18. The van der Waals surface area contributed by atoms with Gasteiger partial charge in [0.05, 0.1) is 0 Å². The molecule has 66 valence electrons. The monoisotopic (exact) mass is 166 g/mol. The smallest absolute Gasteiger partial charge is 0.303 e. The van der Waals surface area contributed by atoms with Crippen LogP contribution in [-0.4, -0.2) is 11.1 Å². The predicted octanol–water partition coefficient (Wildman–Crippen LogP) is 2.53. The minimum absolute atomic E-state index is 0.196. The highest BCUT2D eigenvalue weighted by Crippen LogP contribution is 1.90. The number of allylic oxidation sites excluding steroid dienone is 3. The van der Waals surface area contributed by atoms with Crippen LogP contribution in [0.3, 0.4) is 0 Å². The molecular formula is C10H14O2. The molecule has 0 aromatic rings. The summed E-state index contributed by atoms with van der Waals surface area (Å²) in [7, 11) is 0. The van der Waals surface area contributed by atoms with Crippen molar-refractivity contribution < 1.29 is 9.90 Å². The fraction of sp³-hybridized carbons (Fsp3) is 0.400. The number of aliphatic carboxylic acids is 1. The van der Waals surface area contributed by atoms with E-state index in [1.54, 1.807) is 6.08 Å². The molecule has 0 amide bonds. The zero-order valence-corrected chi connectivity index (χ0v) is 7.29. The first-order valence-electron chi connectivity index (χ1n) is 4.05. The van der Waals surface area contributed by atoms with Gasteiger partial charge in [-0.2, -0.15) is 0 Å². The Bertz CT molecular complexity index is 208. The van der Waals surface area contributed by atoms with Crippen LogP contribution in [0, 0.1) is 0 Å².